The Labute approximate surface area is 144 Å². The number of anilines is 1. The van der Waals surface area contributed by atoms with E-state index >= 15 is 0 Å². The van der Waals surface area contributed by atoms with E-state index in [1.54, 1.807) is 30.3 Å². The second-order valence-electron chi connectivity index (χ2n) is 5.00. The first kappa shape index (κ1) is 17.6. The summed E-state index contributed by atoms with van der Waals surface area (Å²) in [7, 11) is 1.48. The number of methoxy groups -OCH3 is 1. The molecule has 2 aromatic carbocycles. The predicted octanol–water partition coefficient (Wildman–Crippen LogP) is 2.77. The van der Waals surface area contributed by atoms with Crippen LogP contribution in [0.1, 0.15) is 15.9 Å². The van der Waals surface area contributed by atoms with Gasteiger partial charge in [0.15, 0.2) is 6.61 Å². The zero-order valence-electron chi connectivity index (χ0n) is 13.3. The third-order valence-electron chi connectivity index (χ3n) is 3.27. The third kappa shape index (κ3) is 4.17. The van der Waals surface area contributed by atoms with E-state index in [2.05, 4.69) is 5.32 Å². The van der Waals surface area contributed by atoms with Gasteiger partial charge >= 0.3 is 0 Å². The van der Waals surface area contributed by atoms with Crippen LogP contribution in [0, 0.1) is 6.92 Å². The minimum atomic E-state index is -0.624. The fraction of sp³-hybridized carbons (Fsp3) is 0.176. The van der Waals surface area contributed by atoms with E-state index in [-0.39, 0.29) is 17.9 Å². The molecule has 0 saturated heterocycles. The summed E-state index contributed by atoms with van der Waals surface area (Å²) in [6.45, 7) is 1.53. The van der Waals surface area contributed by atoms with Crippen LogP contribution in [0.4, 0.5) is 5.69 Å². The van der Waals surface area contributed by atoms with Gasteiger partial charge in [-0.15, -0.1) is 0 Å². The Morgan fingerprint density at radius 2 is 1.92 bits per heavy atom. The van der Waals surface area contributed by atoms with Crippen molar-refractivity contribution in [2.24, 2.45) is 5.73 Å². The molecule has 0 unspecified atom stereocenters. The van der Waals surface area contributed by atoms with Crippen LogP contribution in [0.15, 0.2) is 36.4 Å². The SMILES string of the molecule is COc1cc(Cl)c(C)cc1NC(=O)COc1ccccc1C(N)=O. The first-order chi connectivity index (χ1) is 11.4. The van der Waals surface area contributed by atoms with Crippen molar-refractivity contribution < 1.29 is 19.1 Å². The average Bonchev–Trinajstić information content (AvgIpc) is 2.56. The van der Waals surface area contributed by atoms with Crippen LogP contribution in [0.2, 0.25) is 5.02 Å². The van der Waals surface area contributed by atoms with Crippen LogP contribution in [-0.4, -0.2) is 25.5 Å². The second kappa shape index (κ2) is 7.70. The standard InChI is InChI=1S/C17H17ClN2O4/c1-10-7-13(15(23-2)8-12(10)18)20-16(21)9-24-14-6-4-3-5-11(14)17(19)22/h3-8H,9H2,1-2H3,(H2,19,22)(H,20,21). The van der Waals surface area contributed by atoms with E-state index in [1.807, 2.05) is 6.92 Å². The number of benzene rings is 2. The molecule has 24 heavy (non-hydrogen) atoms. The van der Waals surface area contributed by atoms with Gasteiger partial charge in [0.05, 0.1) is 18.4 Å². The topological polar surface area (TPSA) is 90.7 Å². The minimum Gasteiger partial charge on any atom is -0.495 e. The van der Waals surface area contributed by atoms with Crippen LogP contribution < -0.4 is 20.5 Å². The lowest BCUT2D eigenvalue weighted by Crippen LogP contribution is -2.22. The molecule has 0 bridgehead atoms. The minimum absolute atomic E-state index is 0.213. The predicted molar refractivity (Wildman–Crippen MR) is 91.8 cm³/mol. The van der Waals surface area contributed by atoms with Crippen molar-refractivity contribution in [2.75, 3.05) is 19.0 Å². The van der Waals surface area contributed by atoms with E-state index < -0.39 is 11.8 Å². The summed E-state index contributed by atoms with van der Waals surface area (Å²) < 4.78 is 10.6. The normalized spacial score (nSPS) is 10.1. The number of primary amides is 1. The number of nitrogens with one attached hydrogen (secondary N) is 1. The molecule has 0 heterocycles. The van der Waals surface area contributed by atoms with Crippen LogP contribution in [0.3, 0.4) is 0 Å². The summed E-state index contributed by atoms with van der Waals surface area (Å²) >= 11 is 6.03. The lowest BCUT2D eigenvalue weighted by Gasteiger charge is -2.13. The number of rotatable bonds is 6. The lowest BCUT2D eigenvalue weighted by molar-refractivity contribution is -0.118. The monoisotopic (exact) mass is 348 g/mol. The van der Waals surface area contributed by atoms with Crippen molar-refractivity contribution in [2.45, 2.75) is 6.92 Å². The second-order valence-corrected chi connectivity index (χ2v) is 5.41. The number of aryl methyl sites for hydroxylation is 1. The quantitative estimate of drug-likeness (QED) is 0.839. The molecular formula is C17H17ClN2O4. The number of hydrogen-bond donors (Lipinski definition) is 2. The highest BCUT2D eigenvalue weighted by Gasteiger charge is 2.13. The van der Waals surface area contributed by atoms with Crippen molar-refractivity contribution in [3.63, 3.8) is 0 Å². The van der Waals surface area contributed by atoms with Crippen LogP contribution in [-0.2, 0) is 4.79 Å². The van der Waals surface area contributed by atoms with E-state index in [0.29, 0.717) is 16.5 Å². The molecular weight excluding hydrogens is 332 g/mol. The van der Waals surface area contributed by atoms with Crippen LogP contribution >= 0.6 is 11.6 Å². The van der Waals surface area contributed by atoms with Crippen LogP contribution in [0.5, 0.6) is 11.5 Å². The fourth-order valence-corrected chi connectivity index (χ4v) is 2.21. The summed E-state index contributed by atoms with van der Waals surface area (Å²) in [5.41, 5.74) is 6.76. The van der Waals surface area contributed by atoms with Gasteiger partial charge in [0.2, 0.25) is 0 Å². The van der Waals surface area contributed by atoms with E-state index in [4.69, 9.17) is 26.8 Å². The molecule has 3 N–H and O–H groups in total. The number of halogens is 1. The highest BCUT2D eigenvalue weighted by atomic mass is 35.5. The number of amides is 2. The third-order valence-corrected chi connectivity index (χ3v) is 3.67. The Hall–Kier alpha value is -2.73. The molecule has 0 aromatic heterocycles. The van der Waals surface area contributed by atoms with Gasteiger partial charge in [-0.25, -0.2) is 0 Å². The maximum atomic E-state index is 12.1. The molecule has 2 rings (SSSR count). The molecule has 7 heteroatoms. The Balaban J connectivity index is 2.07. The molecule has 6 nitrogen and oxygen atoms in total. The molecule has 0 aliphatic heterocycles. The lowest BCUT2D eigenvalue weighted by atomic mass is 10.2. The van der Waals surface area contributed by atoms with E-state index in [1.165, 1.54) is 13.2 Å². The van der Waals surface area contributed by atoms with Gasteiger partial charge in [-0.3, -0.25) is 9.59 Å². The average molecular weight is 349 g/mol. The summed E-state index contributed by atoms with van der Waals surface area (Å²) in [4.78, 5) is 23.4. The van der Waals surface area contributed by atoms with Gasteiger partial charge in [-0.2, -0.15) is 0 Å². The van der Waals surface area contributed by atoms with E-state index in [0.717, 1.165) is 5.56 Å². The van der Waals surface area contributed by atoms with Crippen molar-refractivity contribution in [1.82, 2.24) is 0 Å². The number of carbonyl (C=O) groups is 2. The zero-order valence-corrected chi connectivity index (χ0v) is 14.0. The first-order valence-electron chi connectivity index (χ1n) is 7.08. The molecule has 2 amide bonds. The van der Waals surface area contributed by atoms with E-state index in [9.17, 15) is 9.59 Å². The number of para-hydroxylation sites is 1. The van der Waals surface area contributed by atoms with Crippen molar-refractivity contribution in [1.29, 1.82) is 0 Å². The molecule has 0 atom stereocenters. The summed E-state index contributed by atoms with van der Waals surface area (Å²) in [5, 5.41) is 3.22. The van der Waals surface area contributed by atoms with Gasteiger partial charge in [0.25, 0.3) is 11.8 Å². The molecule has 0 saturated carbocycles. The molecule has 0 fully saturated rings. The Bertz CT molecular complexity index is 777. The van der Waals surface area contributed by atoms with Gasteiger partial charge in [0, 0.05) is 11.1 Å². The zero-order chi connectivity index (χ0) is 17.7. The van der Waals surface area contributed by atoms with Crippen molar-refractivity contribution >= 4 is 29.1 Å². The summed E-state index contributed by atoms with van der Waals surface area (Å²) in [5.74, 6) is -0.341. The molecule has 2 aromatic rings. The maximum absolute atomic E-state index is 12.1. The van der Waals surface area contributed by atoms with Crippen molar-refractivity contribution in [3.05, 3.63) is 52.5 Å². The smallest absolute Gasteiger partial charge is 0.262 e. The Morgan fingerprint density at radius 3 is 2.58 bits per heavy atom. The summed E-state index contributed by atoms with van der Waals surface area (Å²) in [6.07, 6.45) is 0. The van der Waals surface area contributed by atoms with Gasteiger partial charge in [-0.05, 0) is 30.7 Å². The van der Waals surface area contributed by atoms with Gasteiger partial charge in [0.1, 0.15) is 11.5 Å². The molecule has 0 aliphatic carbocycles. The highest BCUT2D eigenvalue weighted by molar-refractivity contribution is 6.31. The fourth-order valence-electron chi connectivity index (χ4n) is 2.06. The van der Waals surface area contributed by atoms with Gasteiger partial charge in [-0.1, -0.05) is 23.7 Å². The number of hydrogen-bond acceptors (Lipinski definition) is 4. The molecule has 0 radical (unpaired) electrons. The molecule has 126 valence electrons. The van der Waals surface area contributed by atoms with Crippen LogP contribution in [0.25, 0.3) is 0 Å². The first-order valence-corrected chi connectivity index (χ1v) is 7.45. The highest BCUT2D eigenvalue weighted by Crippen LogP contribution is 2.30. The molecule has 0 spiro atoms. The largest absolute Gasteiger partial charge is 0.495 e. The Morgan fingerprint density at radius 1 is 1.21 bits per heavy atom. The van der Waals surface area contributed by atoms with Gasteiger partial charge < -0.3 is 20.5 Å². The summed E-state index contributed by atoms with van der Waals surface area (Å²) in [6, 6.07) is 9.77. The van der Waals surface area contributed by atoms with Crippen molar-refractivity contribution in [3.8, 4) is 11.5 Å². The molecule has 0 aliphatic rings. The number of ether oxygens (including phenoxy) is 2. The Kier molecular flexibility index (Phi) is 5.65. The number of carbonyl (C=O) groups excluding carboxylic acids is 2. The maximum Gasteiger partial charge on any atom is 0.262 e. The number of nitrogens with two attached hydrogens (primary N) is 1.